The van der Waals surface area contributed by atoms with Gasteiger partial charge in [-0.25, -0.2) is 18.5 Å². The standard InChI is InChI=1S/C15H13N3O3S2/c16-23(20,21)9-4-1-3-8(7-9)13-17-14(19)12-10-5-2-6-11(10)22-15(12)18-13/h1,3-4,7H,2,5-6H2,(H2,16,20,21)(H,17,18,19). The highest BCUT2D eigenvalue weighted by Gasteiger charge is 2.21. The molecule has 0 amide bonds. The molecule has 0 unspecified atom stereocenters. The Labute approximate surface area is 136 Å². The minimum atomic E-state index is -3.80. The SMILES string of the molecule is NS(=O)(=O)c1cccc(-c2nc3sc4c(c3c(=O)[nH]2)CCC4)c1. The van der Waals surface area contributed by atoms with Crippen molar-refractivity contribution in [3.63, 3.8) is 0 Å². The van der Waals surface area contributed by atoms with Crippen molar-refractivity contribution in [2.75, 3.05) is 0 Å². The number of fused-ring (bicyclic) bond motifs is 3. The molecule has 1 aliphatic carbocycles. The van der Waals surface area contributed by atoms with Gasteiger partial charge < -0.3 is 4.98 Å². The van der Waals surface area contributed by atoms with E-state index in [1.165, 1.54) is 17.0 Å². The van der Waals surface area contributed by atoms with Crippen LogP contribution in [0.4, 0.5) is 0 Å². The molecule has 0 saturated heterocycles. The van der Waals surface area contributed by atoms with Crippen LogP contribution in [0.1, 0.15) is 16.9 Å². The van der Waals surface area contributed by atoms with Gasteiger partial charge in [-0.15, -0.1) is 11.3 Å². The number of thiophene rings is 1. The van der Waals surface area contributed by atoms with Crippen LogP contribution in [0.25, 0.3) is 21.6 Å². The maximum atomic E-state index is 12.4. The van der Waals surface area contributed by atoms with E-state index in [1.54, 1.807) is 23.5 Å². The van der Waals surface area contributed by atoms with Crippen molar-refractivity contribution in [3.8, 4) is 11.4 Å². The van der Waals surface area contributed by atoms with Crippen molar-refractivity contribution in [2.24, 2.45) is 5.14 Å². The number of aromatic nitrogens is 2. The number of nitrogens with one attached hydrogen (secondary N) is 1. The van der Waals surface area contributed by atoms with Crippen LogP contribution in [-0.4, -0.2) is 18.4 Å². The molecule has 0 bridgehead atoms. The van der Waals surface area contributed by atoms with Crippen LogP contribution in [-0.2, 0) is 22.9 Å². The first-order chi connectivity index (χ1) is 10.9. The fourth-order valence-corrected chi connectivity index (χ4v) is 4.78. The summed E-state index contributed by atoms with van der Waals surface area (Å²) in [6.45, 7) is 0. The molecule has 1 aromatic carbocycles. The molecule has 2 heterocycles. The molecule has 0 radical (unpaired) electrons. The van der Waals surface area contributed by atoms with Gasteiger partial charge in [0, 0.05) is 10.4 Å². The van der Waals surface area contributed by atoms with Crippen LogP contribution >= 0.6 is 11.3 Å². The number of sulfonamides is 1. The number of hydrogen-bond acceptors (Lipinski definition) is 5. The number of nitrogens with zero attached hydrogens (tertiary/aromatic N) is 1. The van der Waals surface area contributed by atoms with E-state index >= 15 is 0 Å². The summed E-state index contributed by atoms with van der Waals surface area (Å²) in [5.74, 6) is 0.355. The molecular weight excluding hydrogens is 334 g/mol. The van der Waals surface area contributed by atoms with Crippen LogP contribution in [0.3, 0.4) is 0 Å². The van der Waals surface area contributed by atoms with Gasteiger partial charge in [-0.2, -0.15) is 0 Å². The Kier molecular flexibility index (Phi) is 3.15. The molecule has 3 N–H and O–H groups in total. The van der Waals surface area contributed by atoms with Crippen LogP contribution in [0.15, 0.2) is 34.0 Å². The number of nitrogens with two attached hydrogens (primary N) is 1. The molecule has 0 saturated carbocycles. The minimum Gasteiger partial charge on any atom is -0.306 e. The molecule has 0 fully saturated rings. The summed E-state index contributed by atoms with van der Waals surface area (Å²) in [6, 6.07) is 6.10. The molecule has 0 spiro atoms. The molecule has 2 aromatic heterocycles. The third kappa shape index (κ3) is 2.39. The Morgan fingerprint density at radius 1 is 1.26 bits per heavy atom. The summed E-state index contributed by atoms with van der Waals surface area (Å²) in [5.41, 5.74) is 1.46. The molecule has 0 aliphatic heterocycles. The molecule has 6 nitrogen and oxygen atoms in total. The van der Waals surface area contributed by atoms with Crippen molar-refractivity contribution in [2.45, 2.75) is 24.2 Å². The highest BCUT2D eigenvalue weighted by atomic mass is 32.2. The number of aromatic amines is 1. The third-order valence-corrected chi connectivity index (χ3v) is 6.11. The molecule has 3 aromatic rings. The summed E-state index contributed by atoms with van der Waals surface area (Å²) >= 11 is 1.55. The Balaban J connectivity index is 1.92. The van der Waals surface area contributed by atoms with Crippen LogP contribution in [0.2, 0.25) is 0 Å². The number of primary sulfonamides is 1. The van der Waals surface area contributed by atoms with Crippen molar-refractivity contribution >= 4 is 31.6 Å². The van der Waals surface area contributed by atoms with Gasteiger partial charge in [0.1, 0.15) is 10.7 Å². The van der Waals surface area contributed by atoms with E-state index in [1.807, 2.05) is 0 Å². The van der Waals surface area contributed by atoms with Crippen LogP contribution < -0.4 is 10.7 Å². The van der Waals surface area contributed by atoms with E-state index < -0.39 is 10.0 Å². The van der Waals surface area contributed by atoms with Gasteiger partial charge in [0.15, 0.2) is 0 Å². The van der Waals surface area contributed by atoms with Gasteiger partial charge in [-0.05, 0) is 37.0 Å². The molecule has 0 atom stereocenters. The predicted molar refractivity (Wildman–Crippen MR) is 89.1 cm³/mol. The second-order valence-electron chi connectivity index (χ2n) is 5.52. The van der Waals surface area contributed by atoms with Gasteiger partial charge in [0.05, 0.1) is 10.3 Å². The van der Waals surface area contributed by atoms with Gasteiger partial charge in [0.2, 0.25) is 10.0 Å². The Morgan fingerprint density at radius 3 is 2.87 bits per heavy atom. The molecule has 23 heavy (non-hydrogen) atoms. The van der Waals surface area contributed by atoms with E-state index in [9.17, 15) is 13.2 Å². The topological polar surface area (TPSA) is 106 Å². The average molecular weight is 347 g/mol. The number of rotatable bonds is 2. The Hall–Kier alpha value is -2.03. The van der Waals surface area contributed by atoms with Crippen LogP contribution in [0.5, 0.6) is 0 Å². The Morgan fingerprint density at radius 2 is 2.09 bits per heavy atom. The van der Waals surface area contributed by atoms with Crippen LogP contribution in [0, 0.1) is 0 Å². The monoisotopic (exact) mass is 347 g/mol. The highest BCUT2D eigenvalue weighted by Crippen LogP contribution is 2.35. The van der Waals surface area contributed by atoms with E-state index in [0.29, 0.717) is 21.6 Å². The quantitative estimate of drug-likeness (QED) is 0.737. The number of benzene rings is 1. The first-order valence-corrected chi connectivity index (χ1v) is 9.47. The molecule has 1 aliphatic rings. The summed E-state index contributed by atoms with van der Waals surface area (Å²) in [6.07, 6.45) is 2.99. The second-order valence-corrected chi connectivity index (χ2v) is 8.17. The van der Waals surface area contributed by atoms with Crippen molar-refractivity contribution < 1.29 is 8.42 Å². The summed E-state index contributed by atoms with van der Waals surface area (Å²) < 4.78 is 23.0. The van der Waals surface area contributed by atoms with Crippen molar-refractivity contribution in [1.82, 2.24) is 9.97 Å². The molecule has 4 rings (SSSR count). The highest BCUT2D eigenvalue weighted by molar-refractivity contribution is 7.89. The van der Waals surface area contributed by atoms with Crippen molar-refractivity contribution in [1.29, 1.82) is 0 Å². The zero-order chi connectivity index (χ0) is 16.2. The lowest BCUT2D eigenvalue weighted by Gasteiger charge is -2.04. The molecular formula is C15H13N3O3S2. The molecule has 8 heteroatoms. The largest absolute Gasteiger partial charge is 0.306 e. The van der Waals surface area contributed by atoms with E-state index in [4.69, 9.17) is 5.14 Å². The van der Waals surface area contributed by atoms with Crippen molar-refractivity contribution in [3.05, 3.63) is 45.1 Å². The fraction of sp³-hybridized carbons (Fsp3) is 0.200. The molecule has 118 valence electrons. The normalized spacial score (nSPS) is 14.3. The van der Waals surface area contributed by atoms with Gasteiger partial charge in [-0.1, -0.05) is 12.1 Å². The zero-order valence-electron chi connectivity index (χ0n) is 12.0. The average Bonchev–Trinajstić information content (AvgIpc) is 3.06. The third-order valence-electron chi connectivity index (χ3n) is 4.01. The zero-order valence-corrected chi connectivity index (χ0v) is 13.6. The first-order valence-electron chi connectivity index (χ1n) is 7.11. The summed E-state index contributed by atoms with van der Waals surface area (Å²) in [7, 11) is -3.80. The number of hydrogen-bond donors (Lipinski definition) is 2. The van der Waals surface area contributed by atoms with E-state index in [-0.39, 0.29) is 10.5 Å². The first kappa shape index (κ1) is 14.6. The second kappa shape index (κ2) is 4.98. The van der Waals surface area contributed by atoms with Gasteiger partial charge in [-0.3, -0.25) is 4.79 Å². The maximum Gasteiger partial charge on any atom is 0.260 e. The number of H-pyrrole nitrogens is 1. The lowest BCUT2D eigenvalue weighted by Crippen LogP contribution is -2.13. The van der Waals surface area contributed by atoms with Gasteiger partial charge >= 0.3 is 0 Å². The maximum absolute atomic E-state index is 12.4. The summed E-state index contributed by atoms with van der Waals surface area (Å²) in [4.78, 5) is 21.7. The summed E-state index contributed by atoms with van der Waals surface area (Å²) in [5, 5.41) is 5.83. The lowest BCUT2D eigenvalue weighted by molar-refractivity contribution is 0.598. The minimum absolute atomic E-state index is 0.00794. The fourth-order valence-electron chi connectivity index (χ4n) is 2.96. The number of aryl methyl sites for hydroxylation is 2. The van der Waals surface area contributed by atoms with E-state index in [0.717, 1.165) is 24.8 Å². The Bertz CT molecular complexity index is 1100. The smallest absolute Gasteiger partial charge is 0.260 e. The predicted octanol–water partition coefficient (Wildman–Crippen LogP) is 1.79. The lowest BCUT2D eigenvalue weighted by atomic mass is 10.2. The van der Waals surface area contributed by atoms with E-state index in [2.05, 4.69) is 9.97 Å². The van der Waals surface area contributed by atoms with Gasteiger partial charge in [0.25, 0.3) is 5.56 Å².